The van der Waals surface area contributed by atoms with Gasteiger partial charge in [0.15, 0.2) is 0 Å². The average Bonchev–Trinajstić information content (AvgIpc) is 2.41. The van der Waals surface area contributed by atoms with Gasteiger partial charge < -0.3 is 9.47 Å². The molecule has 0 saturated carbocycles. The molecule has 2 nitrogen and oxygen atoms in total. The van der Waals surface area contributed by atoms with Crippen LogP contribution in [0.3, 0.4) is 0 Å². The summed E-state index contributed by atoms with van der Waals surface area (Å²) in [7, 11) is 1.77. The van der Waals surface area contributed by atoms with Crippen molar-refractivity contribution in [2.45, 2.75) is 44.5 Å². The van der Waals surface area contributed by atoms with E-state index in [0.717, 1.165) is 12.4 Å². The van der Waals surface area contributed by atoms with Crippen LogP contribution < -0.4 is 0 Å². The number of fused-ring (bicyclic) bond motifs is 1. The van der Waals surface area contributed by atoms with Crippen LogP contribution in [0.2, 0.25) is 0 Å². The zero-order chi connectivity index (χ0) is 12.6. The fraction of sp³-hybridized carbons (Fsp3) is 0.714. The Kier molecular flexibility index (Phi) is 3.99. The summed E-state index contributed by atoms with van der Waals surface area (Å²) in [5.74, 6) is 1.58. The second-order valence-electron chi connectivity index (χ2n) is 4.90. The number of hydrogen-bond acceptors (Lipinski definition) is 2. The van der Waals surface area contributed by atoms with Crippen molar-refractivity contribution in [3.63, 3.8) is 0 Å². The van der Waals surface area contributed by atoms with E-state index in [9.17, 15) is 0 Å². The quantitative estimate of drug-likeness (QED) is 0.719. The molecule has 1 heterocycles. The molecule has 1 aliphatic heterocycles. The highest BCUT2D eigenvalue weighted by molar-refractivity contribution is 9.09. The van der Waals surface area contributed by atoms with Crippen LogP contribution in [-0.4, -0.2) is 24.6 Å². The minimum atomic E-state index is 0.210. The van der Waals surface area contributed by atoms with Crippen molar-refractivity contribution in [2.24, 2.45) is 5.92 Å². The van der Waals surface area contributed by atoms with E-state index in [-0.39, 0.29) is 6.10 Å². The molecule has 0 aromatic heterocycles. The maximum Gasteiger partial charge on any atom is 0.124 e. The van der Waals surface area contributed by atoms with E-state index < -0.39 is 0 Å². The van der Waals surface area contributed by atoms with Gasteiger partial charge in [0, 0.05) is 10.4 Å². The predicted octanol–water partition coefficient (Wildman–Crippen LogP) is 3.82. The number of ether oxygens (including phenoxy) is 2. The first kappa shape index (κ1) is 13.2. The van der Waals surface area contributed by atoms with Gasteiger partial charge in [-0.3, -0.25) is 0 Å². The van der Waals surface area contributed by atoms with Gasteiger partial charge in [0.05, 0.1) is 13.7 Å². The van der Waals surface area contributed by atoms with Gasteiger partial charge in [0.25, 0.3) is 0 Å². The molecule has 0 aromatic carbocycles. The van der Waals surface area contributed by atoms with E-state index in [1.54, 1.807) is 7.11 Å². The highest BCUT2D eigenvalue weighted by Gasteiger charge is 2.43. The smallest absolute Gasteiger partial charge is 0.124 e. The highest BCUT2D eigenvalue weighted by Crippen LogP contribution is 2.46. The minimum Gasteiger partial charge on any atom is -0.496 e. The van der Waals surface area contributed by atoms with E-state index in [1.807, 2.05) is 0 Å². The molecule has 0 bridgehead atoms. The van der Waals surface area contributed by atoms with Gasteiger partial charge in [-0.05, 0) is 30.4 Å². The van der Waals surface area contributed by atoms with Gasteiger partial charge in [0.2, 0.25) is 0 Å². The van der Waals surface area contributed by atoms with Crippen molar-refractivity contribution in [1.29, 1.82) is 0 Å². The summed E-state index contributed by atoms with van der Waals surface area (Å²) in [6, 6.07) is 0. The van der Waals surface area contributed by atoms with Crippen LogP contribution in [-0.2, 0) is 9.47 Å². The number of methoxy groups -OCH3 is 1. The number of rotatable bonds is 5. The van der Waals surface area contributed by atoms with Crippen molar-refractivity contribution in [1.82, 2.24) is 0 Å². The largest absolute Gasteiger partial charge is 0.496 e. The summed E-state index contributed by atoms with van der Waals surface area (Å²) < 4.78 is 11.3. The molecule has 1 saturated heterocycles. The Bertz CT molecular complexity index is 368. The lowest BCUT2D eigenvalue weighted by Gasteiger charge is -2.33. The lowest BCUT2D eigenvalue weighted by atomic mass is 9.86. The number of halogens is 1. The van der Waals surface area contributed by atoms with Crippen LogP contribution in [0, 0.1) is 5.92 Å². The van der Waals surface area contributed by atoms with Crippen LogP contribution in [0.1, 0.15) is 33.6 Å². The lowest BCUT2D eigenvalue weighted by Crippen LogP contribution is -2.34. The lowest BCUT2D eigenvalue weighted by molar-refractivity contribution is 0.0355. The molecular formula is C14H21BrO2. The van der Waals surface area contributed by atoms with Gasteiger partial charge in [-0.15, -0.1) is 0 Å². The van der Waals surface area contributed by atoms with Crippen LogP contribution in [0.5, 0.6) is 0 Å². The average molecular weight is 301 g/mol. The first-order chi connectivity index (χ1) is 8.11. The fourth-order valence-corrected chi connectivity index (χ4v) is 3.44. The molecule has 2 rings (SSSR count). The summed E-state index contributed by atoms with van der Waals surface area (Å²) in [5, 5.41) is 0. The molecular weight excluding hydrogens is 280 g/mol. The Morgan fingerprint density at radius 2 is 2.24 bits per heavy atom. The third-order valence-electron chi connectivity index (χ3n) is 3.85. The third-order valence-corrected chi connectivity index (χ3v) is 4.48. The van der Waals surface area contributed by atoms with E-state index in [0.29, 0.717) is 10.7 Å². The molecule has 1 fully saturated rings. The van der Waals surface area contributed by atoms with Gasteiger partial charge in [-0.2, -0.15) is 0 Å². The summed E-state index contributed by atoms with van der Waals surface area (Å²) in [6.45, 7) is 7.38. The number of allylic oxidation sites excluding steroid dienone is 1. The first-order valence-corrected chi connectivity index (χ1v) is 7.27. The van der Waals surface area contributed by atoms with Crippen LogP contribution in [0.25, 0.3) is 0 Å². The monoisotopic (exact) mass is 300 g/mol. The zero-order valence-corrected chi connectivity index (χ0v) is 12.6. The topological polar surface area (TPSA) is 18.5 Å². The van der Waals surface area contributed by atoms with Crippen molar-refractivity contribution in [3.05, 3.63) is 22.5 Å². The Labute approximate surface area is 112 Å². The number of hydrogen-bond donors (Lipinski definition) is 0. The molecule has 0 aromatic rings. The number of alkyl halides is 1. The Morgan fingerprint density at radius 1 is 1.53 bits per heavy atom. The second kappa shape index (κ2) is 5.15. The van der Waals surface area contributed by atoms with Gasteiger partial charge in [-0.1, -0.05) is 36.2 Å². The van der Waals surface area contributed by atoms with E-state index in [4.69, 9.17) is 9.47 Å². The highest BCUT2D eigenvalue weighted by atomic mass is 79.9. The van der Waals surface area contributed by atoms with Gasteiger partial charge in [0.1, 0.15) is 11.9 Å². The summed E-state index contributed by atoms with van der Waals surface area (Å²) in [4.78, 5) is 0.457. The van der Waals surface area contributed by atoms with E-state index in [2.05, 4.69) is 36.7 Å². The Hall–Kier alpha value is -0.280. The SMILES string of the molecule is CCC[C@@H](C1=C(OC)C(C)=C2COC21)[C@@H](C)Br. The standard InChI is InChI=1S/C14H21BrO2/c1-5-6-10(9(3)15)12-13(16-4)8(2)11-7-17-14(11)12/h9-10,14H,5-7H2,1-4H3/t9-,10-,14?/m1/s1. The molecule has 3 heteroatoms. The van der Waals surface area contributed by atoms with Gasteiger partial charge in [-0.25, -0.2) is 0 Å². The van der Waals surface area contributed by atoms with E-state index >= 15 is 0 Å². The predicted molar refractivity (Wildman–Crippen MR) is 73.3 cm³/mol. The van der Waals surface area contributed by atoms with Crippen molar-refractivity contribution >= 4 is 15.9 Å². The van der Waals surface area contributed by atoms with Crippen LogP contribution in [0.15, 0.2) is 22.5 Å². The van der Waals surface area contributed by atoms with Crippen LogP contribution in [0.4, 0.5) is 0 Å². The Morgan fingerprint density at radius 3 is 2.65 bits per heavy atom. The third kappa shape index (κ3) is 2.08. The summed E-state index contributed by atoms with van der Waals surface area (Å²) in [6.07, 6.45) is 2.57. The molecule has 2 aliphatic rings. The second-order valence-corrected chi connectivity index (χ2v) is 6.35. The summed E-state index contributed by atoms with van der Waals surface area (Å²) in [5.41, 5.74) is 4.08. The first-order valence-electron chi connectivity index (χ1n) is 6.35. The maximum atomic E-state index is 5.73. The summed E-state index contributed by atoms with van der Waals surface area (Å²) >= 11 is 3.74. The normalized spacial score (nSPS) is 26.8. The van der Waals surface area contributed by atoms with Crippen molar-refractivity contribution in [3.8, 4) is 0 Å². The van der Waals surface area contributed by atoms with E-state index in [1.165, 1.54) is 29.6 Å². The molecule has 0 amide bonds. The molecule has 1 unspecified atom stereocenters. The van der Waals surface area contributed by atoms with Gasteiger partial charge >= 0.3 is 0 Å². The molecule has 0 spiro atoms. The Balaban J connectivity index is 2.32. The zero-order valence-electron chi connectivity index (χ0n) is 11.0. The molecule has 96 valence electrons. The van der Waals surface area contributed by atoms with Crippen molar-refractivity contribution in [2.75, 3.05) is 13.7 Å². The molecule has 17 heavy (non-hydrogen) atoms. The van der Waals surface area contributed by atoms with Crippen LogP contribution >= 0.6 is 15.9 Å². The van der Waals surface area contributed by atoms with Crippen molar-refractivity contribution < 1.29 is 9.47 Å². The molecule has 0 N–H and O–H groups in total. The fourth-order valence-electron chi connectivity index (χ4n) is 2.89. The minimum absolute atomic E-state index is 0.210. The molecule has 3 atom stereocenters. The molecule has 1 aliphatic carbocycles. The molecule has 0 radical (unpaired) electrons. The maximum absolute atomic E-state index is 5.73.